The molecule has 71 heavy (non-hydrogen) atoms. The van der Waals surface area contributed by atoms with Gasteiger partial charge < -0.3 is 14.2 Å². The summed E-state index contributed by atoms with van der Waals surface area (Å²) < 4.78 is 16.8. The van der Waals surface area contributed by atoms with Crippen LogP contribution in [-0.2, 0) is 28.6 Å². The van der Waals surface area contributed by atoms with Gasteiger partial charge in [-0.25, -0.2) is 0 Å². The number of carbonyl (C=O) groups excluding carboxylic acids is 3. The molecular formula is C65H100O6. The predicted octanol–water partition coefficient (Wildman–Crippen LogP) is 19.0. The second-order valence-corrected chi connectivity index (χ2v) is 17.7. The van der Waals surface area contributed by atoms with Crippen molar-refractivity contribution in [2.75, 3.05) is 13.2 Å². The van der Waals surface area contributed by atoms with E-state index >= 15 is 0 Å². The summed E-state index contributed by atoms with van der Waals surface area (Å²) in [6, 6.07) is 0. The maximum Gasteiger partial charge on any atom is 0.306 e. The Morgan fingerprint density at radius 2 is 0.507 bits per heavy atom. The van der Waals surface area contributed by atoms with Crippen LogP contribution in [0.4, 0.5) is 0 Å². The second kappa shape index (κ2) is 57.6. The Bertz CT molecular complexity index is 1640. The molecule has 0 amide bonds. The second-order valence-electron chi connectivity index (χ2n) is 17.7. The van der Waals surface area contributed by atoms with Crippen LogP contribution in [0.1, 0.15) is 213 Å². The molecule has 0 saturated heterocycles. The van der Waals surface area contributed by atoms with Crippen LogP contribution in [-0.4, -0.2) is 37.2 Å². The Morgan fingerprint density at radius 1 is 0.282 bits per heavy atom. The fourth-order valence-electron chi connectivity index (χ4n) is 6.92. The third kappa shape index (κ3) is 55.8. The van der Waals surface area contributed by atoms with E-state index in [0.29, 0.717) is 19.3 Å². The number of rotatable bonds is 48. The van der Waals surface area contributed by atoms with Crippen LogP contribution in [0, 0.1) is 0 Å². The first-order valence-electron chi connectivity index (χ1n) is 28.0. The summed E-state index contributed by atoms with van der Waals surface area (Å²) >= 11 is 0. The molecule has 0 aromatic rings. The van der Waals surface area contributed by atoms with Crippen LogP contribution in [0.3, 0.4) is 0 Å². The molecule has 0 radical (unpaired) electrons. The zero-order valence-corrected chi connectivity index (χ0v) is 45.2. The van der Waals surface area contributed by atoms with Gasteiger partial charge in [-0.1, -0.05) is 211 Å². The fraction of sp³-hybridized carbons (Fsp3) is 0.554. The molecule has 6 nitrogen and oxygen atoms in total. The molecule has 0 N–H and O–H groups in total. The normalized spacial score (nSPS) is 13.3. The highest BCUT2D eigenvalue weighted by Gasteiger charge is 2.19. The van der Waals surface area contributed by atoms with Gasteiger partial charge >= 0.3 is 17.9 Å². The molecule has 1 unspecified atom stereocenters. The Kier molecular flexibility index (Phi) is 53.6. The molecule has 0 rings (SSSR count). The minimum Gasteiger partial charge on any atom is -0.462 e. The fourth-order valence-corrected chi connectivity index (χ4v) is 6.92. The van der Waals surface area contributed by atoms with E-state index in [9.17, 15) is 14.4 Å². The van der Waals surface area contributed by atoms with Crippen molar-refractivity contribution >= 4 is 17.9 Å². The summed E-state index contributed by atoms with van der Waals surface area (Å²) in [6.07, 6.45) is 83.8. The molecule has 0 aromatic heterocycles. The van der Waals surface area contributed by atoms with Gasteiger partial charge in [0.15, 0.2) is 6.10 Å². The Morgan fingerprint density at radius 3 is 0.817 bits per heavy atom. The van der Waals surface area contributed by atoms with Crippen molar-refractivity contribution in [3.8, 4) is 0 Å². The third-order valence-corrected chi connectivity index (χ3v) is 11.0. The first-order chi connectivity index (χ1) is 35.0. The lowest BCUT2D eigenvalue weighted by atomic mass is 10.1. The van der Waals surface area contributed by atoms with Crippen molar-refractivity contribution in [3.63, 3.8) is 0 Å². The molecule has 0 fully saturated rings. The van der Waals surface area contributed by atoms with Crippen LogP contribution in [0.5, 0.6) is 0 Å². The zero-order chi connectivity index (χ0) is 51.4. The summed E-state index contributed by atoms with van der Waals surface area (Å²) in [4.78, 5) is 38.1. The Hall–Kier alpha value is -4.97. The molecular weight excluding hydrogens is 877 g/mol. The smallest absolute Gasteiger partial charge is 0.306 e. The first kappa shape index (κ1) is 66.0. The van der Waals surface area contributed by atoms with Crippen molar-refractivity contribution in [2.24, 2.45) is 0 Å². The summed E-state index contributed by atoms with van der Waals surface area (Å²) in [5.74, 6) is -1.03. The lowest BCUT2D eigenvalue weighted by molar-refractivity contribution is -0.167. The maximum absolute atomic E-state index is 12.8. The summed E-state index contributed by atoms with van der Waals surface area (Å²) in [6.45, 7) is 6.19. The van der Waals surface area contributed by atoms with Gasteiger partial charge in [-0.3, -0.25) is 14.4 Å². The molecule has 6 heteroatoms. The topological polar surface area (TPSA) is 78.9 Å². The van der Waals surface area contributed by atoms with Crippen LogP contribution in [0.25, 0.3) is 0 Å². The Balaban J connectivity index is 4.51. The Labute approximate surface area is 435 Å². The molecule has 396 valence electrons. The van der Waals surface area contributed by atoms with E-state index in [4.69, 9.17) is 14.2 Å². The predicted molar refractivity (Wildman–Crippen MR) is 306 cm³/mol. The number of ether oxygens (including phenoxy) is 3. The van der Waals surface area contributed by atoms with Gasteiger partial charge in [-0.2, -0.15) is 0 Å². The number of carbonyl (C=O) groups is 3. The van der Waals surface area contributed by atoms with Gasteiger partial charge in [-0.15, -0.1) is 0 Å². The molecule has 0 saturated carbocycles. The van der Waals surface area contributed by atoms with Crippen LogP contribution >= 0.6 is 0 Å². The van der Waals surface area contributed by atoms with Crippen LogP contribution in [0.2, 0.25) is 0 Å². The van der Waals surface area contributed by atoms with Crippen LogP contribution < -0.4 is 0 Å². The maximum atomic E-state index is 12.8. The number of allylic oxidation sites excluding steroid dienone is 26. The molecule has 0 spiro atoms. The SMILES string of the molecule is CC/C=C\C/C=C\C/C=C\C/C=C\C/C=C\CCCCCCCCCC(=O)OCC(COC(=O)CCCC/C=C\C/C=C\C/C=C\C/C=C\CC)OC(=O)CCCC/C=C\C/C=C\C/C=C\C/C=C\CC. The van der Waals surface area contributed by atoms with Crippen LogP contribution in [0.15, 0.2) is 158 Å². The quantitative estimate of drug-likeness (QED) is 0.0262. The van der Waals surface area contributed by atoms with Gasteiger partial charge in [0.1, 0.15) is 13.2 Å². The first-order valence-corrected chi connectivity index (χ1v) is 28.0. The van der Waals surface area contributed by atoms with Gasteiger partial charge in [0, 0.05) is 19.3 Å². The molecule has 0 aliphatic rings. The number of unbranched alkanes of at least 4 members (excludes halogenated alkanes) is 11. The van der Waals surface area contributed by atoms with Gasteiger partial charge in [-0.05, 0) is 141 Å². The highest BCUT2D eigenvalue weighted by molar-refractivity contribution is 5.71. The van der Waals surface area contributed by atoms with E-state index in [0.717, 1.165) is 141 Å². The van der Waals surface area contributed by atoms with E-state index in [-0.39, 0.29) is 44.0 Å². The standard InChI is InChI=1S/C65H100O6/c1-4-7-10-13-16-19-22-25-28-29-30-31-32-33-34-35-38-40-43-46-49-52-55-58-64(67)70-61-62(71-65(68)59-56-53-50-47-44-41-37-27-24-21-18-15-12-9-6-3)60-69-63(66)57-54-51-48-45-42-39-36-26-23-20-17-14-11-8-5-2/h7-12,16-21,25-28,30-31,33-34,36-37,42,44-45,47,62H,4-6,13-15,22-24,29,32,35,38-41,43,46,48-61H2,1-3H3/b10-7-,11-8-,12-9-,19-16-,20-17-,21-18-,28-25-,31-30-,34-33-,36-26-,37-27-,45-42-,47-44-. The highest BCUT2D eigenvalue weighted by Crippen LogP contribution is 2.12. The van der Waals surface area contributed by atoms with E-state index in [1.807, 2.05) is 0 Å². The molecule has 0 heterocycles. The lowest BCUT2D eigenvalue weighted by Gasteiger charge is -2.18. The monoisotopic (exact) mass is 977 g/mol. The van der Waals surface area contributed by atoms with Gasteiger partial charge in [0.05, 0.1) is 0 Å². The number of hydrogen-bond donors (Lipinski definition) is 0. The van der Waals surface area contributed by atoms with Gasteiger partial charge in [0.25, 0.3) is 0 Å². The summed E-state index contributed by atoms with van der Waals surface area (Å²) in [7, 11) is 0. The third-order valence-electron chi connectivity index (χ3n) is 11.0. The average molecular weight is 978 g/mol. The number of hydrogen-bond acceptors (Lipinski definition) is 6. The highest BCUT2D eigenvalue weighted by atomic mass is 16.6. The van der Waals surface area contributed by atoms with E-state index in [2.05, 4.69) is 179 Å². The zero-order valence-electron chi connectivity index (χ0n) is 45.2. The number of esters is 3. The summed E-state index contributed by atoms with van der Waals surface area (Å²) in [5.41, 5.74) is 0. The molecule has 0 aromatic carbocycles. The van der Waals surface area contributed by atoms with E-state index in [1.165, 1.54) is 19.3 Å². The van der Waals surface area contributed by atoms with E-state index < -0.39 is 6.10 Å². The minimum atomic E-state index is -0.830. The largest absolute Gasteiger partial charge is 0.462 e. The van der Waals surface area contributed by atoms with Crippen molar-refractivity contribution in [1.29, 1.82) is 0 Å². The molecule has 0 aliphatic carbocycles. The van der Waals surface area contributed by atoms with Crippen molar-refractivity contribution < 1.29 is 28.6 Å². The molecule has 1 atom stereocenters. The van der Waals surface area contributed by atoms with E-state index in [1.54, 1.807) is 0 Å². The summed E-state index contributed by atoms with van der Waals surface area (Å²) in [5, 5.41) is 0. The molecule has 0 aliphatic heterocycles. The van der Waals surface area contributed by atoms with Crippen molar-refractivity contribution in [1.82, 2.24) is 0 Å². The van der Waals surface area contributed by atoms with Crippen molar-refractivity contribution in [2.45, 2.75) is 219 Å². The van der Waals surface area contributed by atoms with Gasteiger partial charge in [0.2, 0.25) is 0 Å². The van der Waals surface area contributed by atoms with Crippen molar-refractivity contribution in [3.05, 3.63) is 158 Å². The lowest BCUT2D eigenvalue weighted by Crippen LogP contribution is -2.30. The minimum absolute atomic E-state index is 0.122. The average Bonchev–Trinajstić information content (AvgIpc) is 3.37. The molecule has 0 bridgehead atoms.